The van der Waals surface area contributed by atoms with E-state index >= 15 is 0 Å². The van der Waals surface area contributed by atoms with Crippen LogP contribution in [0.3, 0.4) is 0 Å². The van der Waals surface area contributed by atoms with Crippen molar-refractivity contribution in [3.05, 3.63) is 92.0 Å². The molecule has 1 saturated heterocycles. The van der Waals surface area contributed by atoms with E-state index in [-0.39, 0.29) is 11.7 Å². The van der Waals surface area contributed by atoms with E-state index in [9.17, 15) is 9.18 Å². The van der Waals surface area contributed by atoms with Gasteiger partial charge in [-0.05, 0) is 77.5 Å². The van der Waals surface area contributed by atoms with Crippen LogP contribution in [-0.2, 0) is 11.4 Å². The number of nitrogens with one attached hydrogen (secondary N) is 1. The first-order valence-electron chi connectivity index (χ1n) is 9.71. The lowest BCUT2D eigenvalue weighted by atomic mass is 10.1. The summed E-state index contributed by atoms with van der Waals surface area (Å²) in [6.07, 6.45) is 1.69. The van der Waals surface area contributed by atoms with E-state index in [1.165, 1.54) is 43.1 Å². The Labute approximate surface area is 207 Å². The number of thioether (sulfide) groups is 1. The summed E-state index contributed by atoms with van der Waals surface area (Å²) < 4.78 is 25.4. The summed E-state index contributed by atoms with van der Waals surface area (Å²) in [7, 11) is 1.53. The maximum Gasteiger partial charge on any atom is 0.264 e. The highest BCUT2D eigenvalue weighted by molar-refractivity contribution is 9.10. The van der Waals surface area contributed by atoms with Crippen molar-refractivity contribution in [2.75, 3.05) is 7.11 Å². The number of hydrogen-bond acceptors (Lipinski definition) is 5. The van der Waals surface area contributed by atoms with Crippen LogP contribution in [0, 0.1) is 5.82 Å². The maximum atomic E-state index is 13.1. The quantitative estimate of drug-likeness (QED) is 0.348. The van der Waals surface area contributed by atoms with Gasteiger partial charge in [-0.2, -0.15) is 0 Å². The summed E-state index contributed by atoms with van der Waals surface area (Å²) in [5.41, 5.74) is 2.19. The van der Waals surface area contributed by atoms with Crippen LogP contribution in [-0.4, -0.2) is 18.2 Å². The van der Waals surface area contributed by atoms with Crippen LogP contribution in [0.1, 0.15) is 11.1 Å². The van der Waals surface area contributed by atoms with E-state index in [2.05, 4.69) is 26.2 Å². The molecule has 1 aliphatic heterocycles. The van der Waals surface area contributed by atoms with E-state index in [0.717, 1.165) is 10.0 Å². The molecule has 1 amide bonds. The fourth-order valence-electron chi connectivity index (χ4n) is 2.96. The maximum absolute atomic E-state index is 13.1. The molecule has 5 nitrogen and oxygen atoms in total. The van der Waals surface area contributed by atoms with Gasteiger partial charge in [0.05, 0.1) is 22.7 Å². The van der Waals surface area contributed by atoms with Gasteiger partial charge in [-0.25, -0.2) is 9.38 Å². The van der Waals surface area contributed by atoms with Crippen LogP contribution in [0.25, 0.3) is 6.08 Å². The van der Waals surface area contributed by atoms with Crippen LogP contribution in [0.5, 0.6) is 11.5 Å². The molecule has 1 heterocycles. The minimum absolute atomic E-state index is 0.286. The Kier molecular flexibility index (Phi) is 7.37. The number of amidine groups is 1. The Morgan fingerprint density at radius 2 is 1.88 bits per heavy atom. The highest BCUT2D eigenvalue weighted by Crippen LogP contribution is 2.38. The molecule has 0 atom stereocenters. The second kappa shape index (κ2) is 10.4. The zero-order valence-corrected chi connectivity index (χ0v) is 20.4. The van der Waals surface area contributed by atoms with Gasteiger partial charge in [-0.3, -0.25) is 4.79 Å². The number of amides is 1. The summed E-state index contributed by atoms with van der Waals surface area (Å²) in [6.45, 7) is 0.325. The number of ether oxygens (including phenoxy) is 2. The zero-order chi connectivity index (χ0) is 23.4. The third-order valence-corrected chi connectivity index (χ3v) is 6.27. The summed E-state index contributed by atoms with van der Waals surface area (Å²) >= 11 is 11.1. The number of carbonyl (C=O) groups excluding carboxylic acids is 1. The lowest BCUT2D eigenvalue weighted by Gasteiger charge is -2.13. The summed E-state index contributed by atoms with van der Waals surface area (Å²) in [6, 6.07) is 16.9. The molecular weight excluding hydrogens is 531 g/mol. The molecule has 0 radical (unpaired) electrons. The Bertz CT molecular complexity index is 1250. The van der Waals surface area contributed by atoms with Gasteiger partial charge in [0.1, 0.15) is 12.4 Å². The molecule has 33 heavy (non-hydrogen) atoms. The van der Waals surface area contributed by atoms with Gasteiger partial charge in [-0.1, -0.05) is 39.7 Å². The molecule has 1 fully saturated rings. The Balaban J connectivity index is 1.52. The largest absolute Gasteiger partial charge is 0.493 e. The number of halogens is 3. The van der Waals surface area contributed by atoms with Crippen molar-refractivity contribution in [3.8, 4) is 11.5 Å². The van der Waals surface area contributed by atoms with Crippen molar-refractivity contribution in [2.24, 2.45) is 4.99 Å². The van der Waals surface area contributed by atoms with Crippen LogP contribution in [0.2, 0.25) is 5.02 Å². The highest BCUT2D eigenvalue weighted by Gasteiger charge is 2.24. The predicted molar refractivity (Wildman–Crippen MR) is 134 cm³/mol. The first-order chi connectivity index (χ1) is 15.9. The molecular formula is C24H17BrClFN2O3S. The topological polar surface area (TPSA) is 59.9 Å². The van der Waals surface area contributed by atoms with Crippen LogP contribution in [0.15, 0.2) is 75.0 Å². The summed E-state index contributed by atoms with van der Waals surface area (Å²) in [5, 5.41) is 3.47. The van der Waals surface area contributed by atoms with Gasteiger partial charge < -0.3 is 14.8 Å². The lowest BCUT2D eigenvalue weighted by molar-refractivity contribution is -0.115. The van der Waals surface area contributed by atoms with Gasteiger partial charge in [0.2, 0.25) is 0 Å². The van der Waals surface area contributed by atoms with Gasteiger partial charge in [0.25, 0.3) is 5.91 Å². The lowest BCUT2D eigenvalue weighted by Crippen LogP contribution is -2.19. The normalized spacial score (nSPS) is 15.7. The smallest absolute Gasteiger partial charge is 0.264 e. The molecule has 0 spiro atoms. The number of carbonyl (C=O) groups is 1. The van der Waals surface area contributed by atoms with E-state index in [4.69, 9.17) is 21.1 Å². The highest BCUT2D eigenvalue weighted by atomic mass is 79.9. The van der Waals surface area contributed by atoms with E-state index in [1.54, 1.807) is 18.2 Å². The van der Waals surface area contributed by atoms with Gasteiger partial charge in [0, 0.05) is 4.47 Å². The third kappa shape index (κ3) is 5.96. The molecule has 3 aromatic carbocycles. The fourth-order valence-corrected chi connectivity index (χ4v) is 4.34. The number of benzene rings is 3. The van der Waals surface area contributed by atoms with E-state index in [1.807, 2.05) is 24.3 Å². The minimum Gasteiger partial charge on any atom is -0.493 e. The van der Waals surface area contributed by atoms with E-state index < -0.39 is 0 Å². The first-order valence-corrected chi connectivity index (χ1v) is 11.7. The van der Waals surface area contributed by atoms with Gasteiger partial charge in [0.15, 0.2) is 16.7 Å². The number of hydrogen-bond donors (Lipinski definition) is 1. The van der Waals surface area contributed by atoms with Crippen molar-refractivity contribution >= 4 is 62.1 Å². The molecule has 3 aromatic rings. The SMILES string of the molecule is COc1cc(/C=C2/SC(=Nc3ccc(F)cc3)NC2=O)cc(Cl)c1OCc1ccc(Br)cc1. The number of aliphatic imine (C=N–C) groups is 1. The van der Waals surface area contributed by atoms with Crippen LogP contribution in [0.4, 0.5) is 10.1 Å². The van der Waals surface area contributed by atoms with Gasteiger partial charge in [-0.15, -0.1) is 0 Å². The standard InChI is InChI=1S/C24H17BrClFN2O3S/c1-31-20-11-15(10-19(26)22(20)32-13-14-2-4-16(25)5-3-14)12-21-23(30)29-24(33-21)28-18-8-6-17(27)7-9-18/h2-12H,13H2,1H3,(H,28,29,30)/b21-12+. The van der Waals surface area contributed by atoms with Crippen molar-refractivity contribution in [1.29, 1.82) is 0 Å². The minimum atomic E-state index is -0.349. The molecule has 0 unspecified atom stereocenters. The number of methoxy groups -OCH3 is 1. The molecule has 0 saturated carbocycles. The molecule has 0 bridgehead atoms. The zero-order valence-electron chi connectivity index (χ0n) is 17.3. The summed E-state index contributed by atoms with van der Waals surface area (Å²) in [4.78, 5) is 17.2. The molecule has 0 aromatic heterocycles. The Morgan fingerprint density at radius 3 is 2.58 bits per heavy atom. The van der Waals surface area contributed by atoms with Crippen molar-refractivity contribution < 1.29 is 18.7 Å². The number of nitrogens with zero attached hydrogens (tertiary/aromatic N) is 1. The van der Waals surface area contributed by atoms with E-state index in [0.29, 0.717) is 44.5 Å². The van der Waals surface area contributed by atoms with Crippen molar-refractivity contribution in [2.45, 2.75) is 6.61 Å². The molecule has 9 heteroatoms. The molecule has 168 valence electrons. The molecule has 4 rings (SSSR count). The Morgan fingerprint density at radius 1 is 1.15 bits per heavy atom. The monoisotopic (exact) mass is 546 g/mol. The van der Waals surface area contributed by atoms with Crippen LogP contribution >= 0.6 is 39.3 Å². The molecule has 1 N–H and O–H groups in total. The second-order valence-electron chi connectivity index (χ2n) is 6.91. The summed E-state index contributed by atoms with van der Waals surface area (Å²) in [5.74, 6) is 0.241. The number of rotatable bonds is 6. The first kappa shape index (κ1) is 23.4. The Hall–Kier alpha value is -2.81. The van der Waals surface area contributed by atoms with Crippen LogP contribution < -0.4 is 14.8 Å². The predicted octanol–water partition coefficient (Wildman–Crippen LogP) is 6.72. The van der Waals surface area contributed by atoms with Crippen molar-refractivity contribution in [1.82, 2.24) is 5.32 Å². The average molecular weight is 548 g/mol. The third-order valence-electron chi connectivity index (χ3n) is 4.55. The molecule has 0 aliphatic carbocycles. The second-order valence-corrected chi connectivity index (χ2v) is 9.26. The molecule has 1 aliphatic rings. The fraction of sp³-hybridized carbons (Fsp3) is 0.0833. The van der Waals surface area contributed by atoms with Gasteiger partial charge >= 0.3 is 0 Å². The van der Waals surface area contributed by atoms with Crippen molar-refractivity contribution in [3.63, 3.8) is 0 Å². The average Bonchev–Trinajstić information content (AvgIpc) is 3.13.